The first-order valence-corrected chi connectivity index (χ1v) is 9.02. The molecule has 0 aliphatic carbocycles. The maximum atomic E-state index is 10.1. The van der Waals surface area contributed by atoms with Gasteiger partial charge in [-0.3, -0.25) is 4.79 Å². The fourth-order valence-electron chi connectivity index (χ4n) is 2.61. The number of carbonyl (C=O) groups excluding carboxylic acids is 1. The van der Waals surface area contributed by atoms with E-state index in [1.807, 2.05) is 6.08 Å². The molecule has 0 atom stereocenters. The Bertz CT molecular complexity index is 208. The lowest BCUT2D eigenvalue weighted by molar-refractivity contribution is -0.104. The van der Waals surface area contributed by atoms with Crippen LogP contribution in [0.1, 0.15) is 103 Å². The maximum absolute atomic E-state index is 10.1. The highest BCUT2D eigenvalue weighted by Gasteiger charge is 1.93. The van der Waals surface area contributed by atoms with Crippen LogP contribution in [0.5, 0.6) is 0 Å². The van der Waals surface area contributed by atoms with E-state index >= 15 is 0 Å². The Morgan fingerprint density at radius 1 is 0.600 bits per heavy atom. The van der Waals surface area contributed by atoms with Crippen molar-refractivity contribution in [3.8, 4) is 0 Å². The summed E-state index contributed by atoms with van der Waals surface area (Å²) in [6.45, 7) is 2.28. The number of unbranched alkanes of at least 4 members (excludes halogenated alkanes) is 14. The molecule has 0 N–H and O–H groups in total. The van der Waals surface area contributed by atoms with Crippen molar-refractivity contribution in [2.75, 3.05) is 0 Å². The van der Waals surface area contributed by atoms with Gasteiger partial charge in [-0.2, -0.15) is 0 Å². The highest BCUT2D eigenvalue weighted by Crippen LogP contribution is 2.13. The topological polar surface area (TPSA) is 17.1 Å². The van der Waals surface area contributed by atoms with Crippen molar-refractivity contribution in [1.29, 1.82) is 0 Å². The van der Waals surface area contributed by atoms with E-state index in [1.54, 1.807) is 6.08 Å². The summed E-state index contributed by atoms with van der Waals surface area (Å²) in [7, 11) is 0. The van der Waals surface area contributed by atoms with Crippen LogP contribution in [0, 0.1) is 0 Å². The van der Waals surface area contributed by atoms with Crippen molar-refractivity contribution >= 4 is 6.29 Å². The Kier molecular flexibility index (Phi) is 17.9. The normalized spacial score (nSPS) is 11.2. The summed E-state index contributed by atoms with van der Waals surface area (Å²) in [4.78, 5) is 10.1. The predicted molar refractivity (Wildman–Crippen MR) is 90.1 cm³/mol. The van der Waals surface area contributed by atoms with Gasteiger partial charge in [-0.1, -0.05) is 96.5 Å². The molecule has 0 unspecified atom stereocenters. The number of hydrogen-bond acceptors (Lipinski definition) is 1. The molecule has 1 nitrogen and oxygen atoms in total. The lowest BCUT2D eigenvalue weighted by Crippen LogP contribution is -1.83. The molecule has 0 aliphatic heterocycles. The molecule has 0 spiro atoms. The molecule has 0 aromatic heterocycles. The molecular weight excluding hydrogens is 244 g/mol. The molecule has 0 saturated heterocycles. The molecule has 0 rings (SSSR count). The first-order valence-electron chi connectivity index (χ1n) is 9.02. The summed E-state index contributed by atoms with van der Waals surface area (Å²) in [6.07, 6.45) is 25.2. The van der Waals surface area contributed by atoms with Gasteiger partial charge in [0.25, 0.3) is 0 Å². The number of hydrogen-bond donors (Lipinski definition) is 0. The van der Waals surface area contributed by atoms with Gasteiger partial charge in [0.15, 0.2) is 0 Å². The van der Waals surface area contributed by atoms with Crippen molar-refractivity contribution in [3.63, 3.8) is 0 Å². The SMILES string of the molecule is CCCCCCCCCCCCCCCCC=CC=O. The smallest absolute Gasteiger partial charge is 0.142 e. The molecule has 0 bridgehead atoms. The zero-order valence-corrected chi connectivity index (χ0v) is 13.7. The van der Waals surface area contributed by atoms with E-state index in [0.717, 1.165) is 12.7 Å². The molecule has 0 aliphatic rings. The fourth-order valence-corrected chi connectivity index (χ4v) is 2.61. The average Bonchev–Trinajstić information content (AvgIpc) is 2.47. The van der Waals surface area contributed by atoms with Crippen molar-refractivity contribution in [2.24, 2.45) is 0 Å². The number of allylic oxidation sites excluding steroid dienone is 2. The van der Waals surface area contributed by atoms with Crippen LogP contribution in [-0.2, 0) is 4.79 Å². The molecule has 0 aromatic rings. The first kappa shape index (κ1) is 19.4. The van der Waals surface area contributed by atoms with E-state index in [4.69, 9.17) is 0 Å². The summed E-state index contributed by atoms with van der Waals surface area (Å²) >= 11 is 0. The van der Waals surface area contributed by atoms with Crippen LogP contribution in [0.3, 0.4) is 0 Å². The predicted octanol–water partition coefficient (Wildman–Crippen LogP) is 6.61. The maximum Gasteiger partial charge on any atom is 0.142 e. The lowest BCUT2D eigenvalue weighted by Gasteiger charge is -2.02. The van der Waals surface area contributed by atoms with Gasteiger partial charge in [0.1, 0.15) is 6.29 Å². The Balaban J connectivity index is 2.95. The second kappa shape index (κ2) is 18.4. The largest absolute Gasteiger partial charge is 0.299 e. The van der Waals surface area contributed by atoms with Crippen LogP contribution in [0.2, 0.25) is 0 Å². The summed E-state index contributed by atoms with van der Waals surface area (Å²) in [5.74, 6) is 0. The second-order valence-corrected chi connectivity index (χ2v) is 5.95. The standard InChI is InChI=1S/C19H36O/c1-2-3-4-5-6-7-8-9-10-11-12-13-14-15-16-17-18-19-20/h17-19H,2-16H2,1H3. The van der Waals surface area contributed by atoms with Crippen LogP contribution in [0.15, 0.2) is 12.2 Å². The third-order valence-corrected chi connectivity index (χ3v) is 3.94. The average molecular weight is 280 g/mol. The van der Waals surface area contributed by atoms with Gasteiger partial charge in [-0.15, -0.1) is 0 Å². The molecule has 0 amide bonds. The van der Waals surface area contributed by atoms with Gasteiger partial charge < -0.3 is 0 Å². The number of aldehydes is 1. The molecule has 118 valence electrons. The van der Waals surface area contributed by atoms with E-state index in [2.05, 4.69) is 6.92 Å². The minimum atomic E-state index is 0.865. The van der Waals surface area contributed by atoms with Crippen molar-refractivity contribution < 1.29 is 4.79 Å². The highest BCUT2D eigenvalue weighted by atomic mass is 16.1. The van der Waals surface area contributed by atoms with E-state index in [1.165, 1.54) is 89.9 Å². The second-order valence-electron chi connectivity index (χ2n) is 5.95. The van der Waals surface area contributed by atoms with Crippen LogP contribution in [-0.4, -0.2) is 6.29 Å². The third kappa shape index (κ3) is 17.4. The summed E-state index contributed by atoms with van der Waals surface area (Å²) in [5, 5.41) is 0. The highest BCUT2D eigenvalue weighted by molar-refractivity contribution is 5.64. The van der Waals surface area contributed by atoms with E-state index < -0.39 is 0 Å². The van der Waals surface area contributed by atoms with Gasteiger partial charge in [0.2, 0.25) is 0 Å². The Hall–Kier alpha value is -0.590. The molecule has 0 saturated carbocycles. The van der Waals surface area contributed by atoms with Crippen molar-refractivity contribution in [1.82, 2.24) is 0 Å². The first-order chi connectivity index (χ1) is 9.91. The van der Waals surface area contributed by atoms with Crippen LogP contribution >= 0.6 is 0 Å². The van der Waals surface area contributed by atoms with E-state index in [0.29, 0.717) is 0 Å². The summed E-state index contributed by atoms with van der Waals surface area (Å²) in [5.41, 5.74) is 0. The van der Waals surface area contributed by atoms with Crippen LogP contribution < -0.4 is 0 Å². The van der Waals surface area contributed by atoms with Gasteiger partial charge in [0.05, 0.1) is 0 Å². The van der Waals surface area contributed by atoms with Crippen LogP contribution in [0.25, 0.3) is 0 Å². The minimum absolute atomic E-state index is 0.865. The van der Waals surface area contributed by atoms with Gasteiger partial charge in [-0.05, 0) is 18.9 Å². The van der Waals surface area contributed by atoms with E-state index in [-0.39, 0.29) is 0 Å². The molecule has 20 heavy (non-hydrogen) atoms. The molecular formula is C19H36O. The van der Waals surface area contributed by atoms with Gasteiger partial charge in [-0.25, -0.2) is 0 Å². The summed E-state index contributed by atoms with van der Waals surface area (Å²) in [6, 6.07) is 0. The minimum Gasteiger partial charge on any atom is -0.299 e. The summed E-state index contributed by atoms with van der Waals surface area (Å²) < 4.78 is 0. The molecule has 0 aromatic carbocycles. The van der Waals surface area contributed by atoms with Crippen molar-refractivity contribution in [2.45, 2.75) is 103 Å². The van der Waals surface area contributed by atoms with Gasteiger partial charge in [0, 0.05) is 0 Å². The van der Waals surface area contributed by atoms with Gasteiger partial charge >= 0.3 is 0 Å². The molecule has 1 heteroatoms. The third-order valence-electron chi connectivity index (χ3n) is 3.94. The Morgan fingerprint density at radius 2 is 1.00 bits per heavy atom. The number of rotatable bonds is 16. The zero-order chi connectivity index (χ0) is 14.7. The van der Waals surface area contributed by atoms with E-state index in [9.17, 15) is 4.79 Å². The van der Waals surface area contributed by atoms with Crippen molar-refractivity contribution in [3.05, 3.63) is 12.2 Å². The molecule has 0 heterocycles. The lowest BCUT2D eigenvalue weighted by atomic mass is 10.0. The van der Waals surface area contributed by atoms with Crippen LogP contribution in [0.4, 0.5) is 0 Å². The zero-order valence-electron chi connectivity index (χ0n) is 13.7. The molecule has 0 radical (unpaired) electrons. The monoisotopic (exact) mass is 280 g/mol. The Labute approximate surface area is 127 Å². The quantitative estimate of drug-likeness (QED) is 0.176. The Morgan fingerprint density at radius 3 is 1.40 bits per heavy atom. The molecule has 0 fully saturated rings. The number of carbonyl (C=O) groups is 1. The fraction of sp³-hybridized carbons (Fsp3) is 0.842.